The van der Waals surface area contributed by atoms with Gasteiger partial charge in [0.15, 0.2) is 0 Å². The Morgan fingerprint density at radius 1 is 1.12 bits per heavy atom. The molecule has 1 aliphatic heterocycles. The fourth-order valence-electron chi connectivity index (χ4n) is 2.67. The SMILES string of the molecule is Cc1nc(-c2ccccc2)oc1C(=O)N1CCN(S(C)(=O)=O)CC1. The molecular formula is C16H19N3O4S. The molecule has 24 heavy (non-hydrogen) atoms. The third kappa shape index (κ3) is 3.34. The Balaban J connectivity index is 1.76. The number of piperazine rings is 1. The maximum atomic E-state index is 12.6. The molecule has 1 aliphatic rings. The molecule has 0 saturated carbocycles. The number of amides is 1. The van der Waals surface area contributed by atoms with Crippen molar-refractivity contribution in [2.24, 2.45) is 0 Å². The van der Waals surface area contributed by atoms with E-state index in [2.05, 4.69) is 4.98 Å². The monoisotopic (exact) mass is 349 g/mol. The van der Waals surface area contributed by atoms with Gasteiger partial charge in [0.2, 0.25) is 21.7 Å². The minimum atomic E-state index is -3.22. The number of carbonyl (C=O) groups excluding carboxylic acids is 1. The maximum absolute atomic E-state index is 12.6. The van der Waals surface area contributed by atoms with Gasteiger partial charge < -0.3 is 9.32 Å². The van der Waals surface area contributed by atoms with Gasteiger partial charge in [0.05, 0.1) is 11.9 Å². The molecule has 0 unspecified atom stereocenters. The lowest BCUT2D eigenvalue weighted by molar-refractivity contribution is 0.0666. The quantitative estimate of drug-likeness (QED) is 0.836. The average Bonchev–Trinajstić information content (AvgIpc) is 2.96. The minimum Gasteiger partial charge on any atom is -0.431 e. The van der Waals surface area contributed by atoms with E-state index in [-0.39, 0.29) is 11.7 Å². The molecule has 0 spiro atoms. The molecule has 8 heteroatoms. The molecule has 7 nitrogen and oxygen atoms in total. The van der Waals surface area contributed by atoms with Crippen molar-refractivity contribution in [3.8, 4) is 11.5 Å². The summed E-state index contributed by atoms with van der Waals surface area (Å²) in [5, 5.41) is 0. The highest BCUT2D eigenvalue weighted by Crippen LogP contribution is 2.23. The van der Waals surface area contributed by atoms with E-state index in [0.717, 1.165) is 5.56 Å². The number of nitrogens with zero attached hydrogens (tertiary/aromatic N) is 3. The number of aryl methyl sites for hydroxylation is 1. The van der Waals surface area contributed by atoms with Crippen molar-refractivity contribution in [1.29, 1.82) is 0 Å². The number of rotatable bonds is 3. The summed E-state index contributed by atoms with van der Waals surface area (Å²) in [6.07, 6.45) is 1.18. The van der Waals surface area contributed by atoms with Crippen LogP contribution in [0.4, 0.5) is 0 Å². The third-order valence-corrected chi connectivity index (χ3v) is 5.31. The molecule has 1 amide bonds. The summed E-state index contributed by atoms with van der Waals surface area (Å²) < 4.78 is 30.1. The normalized spacial score (nSPS) is 16.3. The highest BCUT2D eigenvalue weighted by molar-refractivity contribution is 7.88. The summed E-state index contributed by atoms with van der Waals surface area (Å²) in [5.41, 5.74) is 1.34. The van der Waals surface area contributed by atoms with Crippen LogP contribution in [0.1, 0.15) is 16.2 Å². The van der Waals surface area contributed by atoms with Gasteiger partial charge in [-0.25, -0.2) is 13.4 Å². The van der Waals surface area contributed by atoms with Crippen molar-refractivity contribution in [3.63, 3.8) is 0 Å². The number of aromatic nitrogens is 1. The summed E-state index contributed by atoms with van der Waals surface area (Å²) in [6.45, 7) is 3.00. The fraction of sp³-hybridized carbons (Fsp3) is 0.375. The van der Waals surface area contributed by atoms with Gasteiger partial charge in [0, 0.05) is 31.7 Å². The minimum absolute atomic E-state index is 0.210. The lowest BCUT2D eigenvalue weighted by Gasteiger charge is -2.32. The van der Waals surface area contributed by atoms with Crippen LogP contribution in [0.3, 0.4) is 0 Å². The Kier molecular flexibility index (Phi) is 4.42. The third-order valence-electron chi connectivity index (χ3n) is 4.01. The van der Waals surface area contributed by atoms with Crippen LogP contribution in [0.2, 0.25) is 0 Å². The van der Waals surface area contributed by atoms with Crippen molar-refractivity contribution in [1.82, 2.24) is 14.2 Å². The predicted molar refractivity (Wildman–Crippen MR) is 89.0 cm³/mol. The molecule has 0 radical (unpaired) electrons. The molecule has 0 atom stereocenters. The number of carbonyl (C=O) groups is 1. The van der Waals surface area contributed by atoms with Crippen molar-refractivity contribution in [2.45, 2.75) is 6.92 Å². The van der Waals surface area contributed by atoms with E-state index in [1.165, 1.54) is 10.6 Å². The predicted octanol–water partition coefficient (Wildman–Crippen LogP) is 1.37. The second-order valence-corrected chi connectivity index (χ2v) is 7.74. The second kappa shape index (κ2) is 6.37. The first-order chi connectivity index (χ1) is 11.4. The summed E-state index contributed by atoms with van der Waals surface area (Å²) in [5.74, 6) is 0.364. The molecular weight excluding hydrogens is 330 g/mol. The van der Waals surface area contributed by atoms with Crippen LogP contribution in [-0.2, 0) is 10.0 Å². The molecule has 0 aliphatic carbocycles. The van der Waals surface area contributed by atoms with Gasteiger partial charge >= 0.3 is 0 Å². The number of oxazole rings is 1. The lowest BCUT2D eigenvalue weighted by Crippen LogP contribution is -2.50. The Bertz CT molecular complexity index is 837. The van der Waals surface area contributed by atoms with Gasteiger partial charge in [-0.2, -0.15) is 4.31 Å². The summed E-state index contributed by atoms with van der Waals surface area (Å²) in [4.78, 5) is 18.6. The average molecular weight is 349 g/mol. The number of benzene rings is 1. The fourth-order valence-corrected chi connectivity index (χ4v) is 3.49. The molecule has 128 valence electrons. The summed E-state index contributed by atoms with van der Waals surface area (Å²) in [7, 11) is -3.22. The molecule has 2 aromatic rings. The van der Waals surface area contributed by atoms with Gasteiger partial charge in [-0.1, -0.05) is 18.2 Å². The topological polar surface area (TPSA) is 83.7 Å². The van der Waals surface area contributed by atoms with E-state index in [1.54, 1.807) is 11.8 Å². The van der Waals surface area contributed by atoms with Crippen LogP contribution in [0.5, 0.6) is 0 Å². The molecule has 1 aromatic carbocycles. The Labute approximate surface area is 140 Å². The van der Waals surface area contributed by atoms with E-state index < -0.39 is 10.0 Å². The Morgan fingerprint density at radius 2 is 1.75 bits per heavy atom. The van der Waals surface area contributed by atoms with E-state index in [1.807, 2.05) is 30.3 Å². The van der Waals surface area contributed by atoms with Gasteiger partial charge in [-0.3, -0.25) is 4.79 Å². The van der Waals surface area contributed by atoms with Crippen molar-refractivity contribution in [2.75, 3.05) is 32.4 Å². The van der Waals surface area contributed by atoms with Gasteiger partial charge in [-0.15, -0.1) is 0 Å². The first kappa shape index (κ1) is 16.7. The van der Waals surface area contributed by atoms with Crippen LogP contribution in [0, 0.1) is 6.92 Å². The highest BCUT2D eigenvalue weighted by Gasteiger charge is 2.29. The van der Waals surface area contributed by atoms with E-state index in [9.17, 15) is 13.2 Å². The zero-order chi connectivity index (χ0) is 17.3. The van der Waals surface area contributed by atoms with Crippen LogP contribution in [-0.4, -0.2) is 60.9 Å². The molecule has 3 rings (SSSR count). The Morgan fingerprint density at radius 3 is 2.33 bits per heavy atom. The van der Waals surface area contributed by atoms with E-state index >= 15 is 0 Å². The highest BCUT2D eigenvalue weighted by atomic mass is 32.2. The van der Waals surface area contributed by atoms with Crippen LogP contribution in [0.25, 0.3) is 11.5 Å². The first-order valence-corrected chi connectivity index (χ1v) is 9.48. The van der Waals surface area contributed by atoms with Gasteiger partial charge in [0.1, 0.15) is 0 Å². The van der Waals surface area contributed by atoms with Gasteiger partial charge in [-0.05, 0) is 19.1 Å². The first-order valence-electron chi connectivity index (χ1n) is 7.63. The van der Waals surface area contributed by atoms with Gasteiger partial charge in [0.25, 0.3) is 5.91 Å². The smallest absolute Gasteiger partial charge is 0.291 e. The molecule has 1 fully saturated rings. The largest absolute Gasteiger partial charge is 0.431 e. The molecule has 0 N–H and O–H groups in total. The zero-order valence-electron chi connectivity index (χ0n) is 13.6. The summed E-state index contributed by atoms with van der Waals surface area (Å²) >= 11 is 0. The molecule has 1 aromatic heterocycles. The zero-order valence-corrected chi connectivity index (χ0v) is 14.4. The Hall–Kier alpha value is -2.19. The van der Waals surface area contributed by atoms with Crippen molar-refractivity contribution < 1.29 is 17.6 Å². The maximum Gasteiger partial charge on any atom is 0.291 e. The number of hydrogen-bond donors (Lipinski definition) is 0. The van der Waals surface area contributed by atoms with Crippen LogP contribution >= 0.6 is 0 Å². The van der Waals surface area contributed by atoms with Crippen molar-refractivity contribution in [3.05, 3.63) is 41.8 Å². The number of sulfonamides is 1. The molecule has 0 bridgehead atoms. The standard InChI is InChI=1S/C16H19N3O4S/c1-12-14(23-15(17-12)13-6-4-3-5-7-13)16(20)18-8-10-19(11-9-18)24(2,21)22/h3-7H,8-11H2,1-2H3. The van der Waals surface area contributed by atoms with E-state index in [4.69, 9.17) is 4.42 Å². The van der Waals surface area contributed by atoms with Crippen molar-refractivity contribution >= 4 is 15.9 Å². The molecule has 1 saturated heterocycles. The molecule has 2 heterocycles. The lowest BCUT2D eigenvalue weighted by atomic mass is 10.2. The van der Waals surface area contributed by atoms with Crippen LogP contribution in [0.15, 0.2) is 34.7 Å². The number of hydrogen-bond acceptors (Lipinski definition) is 5. The van der Waals surface area contributed by atoms with Crippen LogP contribution < -0.4 is 0 Å². The summed E-state index contributed by atoms with van der Waals surface area (Å²) in [6, 6.07) is 9.38. The van der Waals surface area contributed by atoms with E-state index in [0.29, 0.717) is 37.8 Å². The second-order valence-electron chi connectivity index (χ2n) is 5.75.